The van der Waals surface area contributed by atoms with Gasteiger partial charge in [-0.25, -0.2) is 13.1 Å². The highest BCUT2D eigenvalue weighted by Gasteiger charge is 2.08. The van der Waals surface area contributed by atoms with Crippen molar-refractivity contribution in [3.05, 3.63) is 34.3 Å². The van der Waals surface area contributed by atoms with Gasteiger partial charge in [0, 0.05) is 11.0 Å². The van der Waals surface area contributed by atoms with Gasteiger partial charge in [-0.1, -0.05) is 28.1 Å². The van der Waals surface area contributed by atoms with E-state index in [9.17, 15) is 12.8 Å². The highest BCUT2D eigenvalue weighted by Crippen LogP contribution is 2.10. The molecule has 0 aliphatic carbocycles. The highest BCUT2D eigenvalue weighted by molar-refractivity contribution is 9.10. The molecule has 0 spiro atoms. The molecule has 90 valence electrons. The van der Waals surface area contributed by atoms with E-state index in [-0.39, 0.29) is 18.7 Å². The minimum Gasteiger partial charge on any atom is -0.251 e. The van der Waals surface area contributed by atoms with Crippen molar-refractivity contribution >= 4 is 26.0 Å². The number of hydrogen-bond acceptors (Lipinski definition) is 2. The number of benzene rings is 1. The molecule has 0 radical (unpaired) electrons. The number of hydrogen-bond donors (Lipinski definition) is 1. The van der Waals surface area contributed by atoms with Crippen molar-refractivity contribution < 1.29 is 12.8 Å². The second-order valence-electron chi connectivity index (χ2n) is 3.31. The van der Waals surface area contributed by atoms with Crippen LogP contribution in [0.2, 0.25) is 0 Å². The van der Waals surface area contributed by atoms with Crippen molar-refractivity contribution in [2.45, 2.75) is 13.0 Å². The molecule has 0 saturated heterocycles. The first kappa shape index (κ1) is 13.6. The Labute approximate surface area is 103 Å². The van der Waals surface area contributed by atoms with Crippen LogP contribution in [0.1, 0.15) is 12.0 Å². The second kappa shape index (κ2) is 6.32. The van der Waals surface area contributed by atoms with E-state index in [1.54, 1.807) is 0 Å². The molecule has 1 aromatic rings. The van der Waals surface area contributed by atoms with Crippen molar-refractivity contribution in [3.8, 4) is 0 Å². The molecule has 16 heavy (non-hydrogen) atoms. The lowest BCUT2D eigenvalue weighted by molar-refractivity contribution is 0.483. The van der Waals surface area contributed by atoms with Gasteiger partial charge >= 0.3 is 0 Å². The van der Waals surface area contributed by atoms with Crippen molar-refractivity contribution in [2.75, 3.05) is 12.4 Å². The Morgan fingerprint density at radius 3 is 2.44 bits per heavy atom. The molecule has 0 bridgehead atoms. The molecule has 3 nitrogen and oxygen atoms in total. The van der Waals surface area contributed by atoms with Crippen LogP contribution in [-0.2, 0) is 16.6 Å². The summed E-state index contributed by atoms with van der Waals surface area (Å²) >= 11 is 3.29. The molecule has 0 heterocycles. The topological polar surface area (TPSA) is 46.2 Å². The van der Waals surface area contributed by atoms with Crippen LogP contribution in [0, 0.1) is 0 Å². The molecular weight excluding hydrogens is 297 g/mol. The highest BCUT2D eigenvalue weighted by atomic mass is 79.9. The molecule has 0 aliphatic heterocycles. The number of alkyl halides is 1. The van der Waals surface area contributed by atoms with Gasteiger partial charge in [-0.3, -0.25) is 4.39 Å². The van der Waals surface area contributed by atoms with Gasteiger partial charge < -0.3 is 0 Å². The third-order valence-corrected chi connectivity index (χ3v) is 3.90. The van der Waals surface area contributed by atoms with Gasteiger partial charge in [-0.2, -0.15) is 0 Å². The second-order valence-corrected chi connectivity index (χ2v) is 6.15. The smallest absolute Gasteiger partial charge is 0.211 e. The van der Waals surface area contributed by atoms with E-state index in [0.29, 0.717) is 0 Å². The molecule has 0 saturated carbocycles. The minimum atomic E-state index is -3.35. The van der Waals surface area contributed by atoms with Crippen molar-refractivity contribution in [3.63, 3.8) is 0 Å². The Kier molecular flexibility index (Phi) is 5.37. The predicted octanol–water partition coefficient (Wildman–Crippen LogP) is 2.23. The molecule has 0 atom stereocenters. The van der Waals surface area contributed by atoms with Gasteiger partial charge in [-0.05, 0) is 24.1 Å². The summed E-state index contributed by atoms with van der Waals surface area (Å²) in [5.41, 5.74) is 0.868. The fourth-order valence-corrected chi connectivity index (χ4v) is 2.40. The molecule has 0 fully saturated rings. The normalized spacial score (nSPS) is 11.6. The largest absolute Gasteiger partial charge is 0.251 e. The van der Waals surface area contributed by atoms with Crippen LogP contribution in [0.15, 0.2) is 28.7 Å². The average molecular weight is 310 g/mol. The van der Waals surface area contributed by atoms with Gasteiger partial charge in [0.05, 0.1) is 12.4 Å². The number of halogens is 2. The van der Waals surface area contributed by atoms with E-state index in [0.717, 1.165) is 10.0 Å². The van der Waals surface area contributed by atoms with Crippen molar-refractivity contribution in [1.29, 1.82) is 0 Å². The van der Waals surface area contributed by atoms with Crippen LogP contribution in [-0.4, -0.2) is 20.8 Å². The van der Waals surface area contributed by atoms with Crippen LogP contribution in [0.3, 0.4) is 0 Å². The minimum absolute atomic E-state index is 0.0374. The van der Waals surface area contributed by atoms with Gasteiger partial charge in [0.1, 0.15) is 0 Å². The molecule has 0 aromatic heterocycles. The Hall–Kier alpha value is -0.460. The zero-order chi connectivity index (χ0) is 12.0. The Bertz CT molecular complexity index is 419. The van der Waals surface area contributed by atoms with Crippen molar-refractivity contribution in [2.24, 2.45) is 0 Å². The quantitative estimate of drug-likeness (QED) is 0.876. The third kappa shape index (κ3) is 5.05. The van der Waals surface area contributed by atoms with E-state index in [1.165, 1.54) is 0 Å². The van der Waals surface area contributed by atoms with E-state index in [2.05, 4.69) is 20.7 Å². The molecule has 0 amide bonds. The van der Waals surface area contributed by atoms with E-state index in [1.807, 2.05) is 24.3 Å². The SMILES string of the molecule is O=S(=O)(CCCF)NCc1ccc(Br)cc1. The van der Waals surface area contributed by atoms with Gasteiger partial charge in [-0.15, -0.1) is 0 Å². The Morgan fingerprint density at radius 2 is 1.88 bits per heavy atom. The van der Waals surface area contributed by atoms with E-state index < -0.39 is 16.7 Å². The average Bonchev–Trinajstić information content (AvgIpc) is 2.26. The van der Waals surface area contributed by atoms with Gasteiger partial charge in [0.15, 0.2) is 0 Å². The van der Waals surface area contributed by atoms with Crippen LogP contribution in [0.5, 0.6) is 0 Å². The van der Waals surface area contributed by atoms with Gasteiger partial charge in [0.2, 0.25) is 10.0 Å². The summed E-state index contributed by atoms with van der Waals surface area (Å²) < 4.78 is 37.9. The standard InChI is InChI=1S/C10H13BrFNO2S/c11-10-4-2-9(3-5-10)8-13-16(14,15)7-1-6-12/h2-5,13H,1,6-8H2. The Balaban J connectivity index is 2.48. The monoisotopic (exact) mass is 309 g/mol. The number of nitrogens with one attached hydrogen (secondary N) is 1. The first-order chi connectivity index (χ1) is 7.53. The molecule has 1 N–H and O–H groups in total. The maximum atomic E-state index is 11.8. The van der Waals surface area contributed by atoms with Crippen LogP contribution < -0.4 is 4.72 Å². The summed E-state index contributed by atoms with van der Waals surface area (Å²) in [5.74, 6) is -0.167. The van der Waals surface area contributed by atoms with Gasteiger partial charge in [0.25, 0.3) is 0 Å². The fourth-order valence-electron chi connectivity index (χ4n) is 1.11. The van der Waals surface area contributed by atoms with Crippen molar-refractivity contribution in [1.82, 2.24) is 4.72 Å². The van der Waals surface area contributed by atoms with Crippen LogP contribution >= 0.6 is 15.9 Å². The molecular formula is C10H13BrFNO2S. The Morgan fingerprint density at radius 1 is 1.25 bits per heavy atom. The summed E-state index contributed by atoms with van der Waals surface area (Å²) in [4.78, 5) is 0. The molecule has 1 rings (SSSR count). The van der Waals surface area contributed by atoms with E-state index in [4.69, 9.17) is 0 Å². The summed E-state index contributed by atoms with van der Waals surface area (Å²) in [6.07, 6.45) is 0.0374. The summed E-state index contributed by atoms with van der Waals surface area (Å²) in [7, 11) is -3.35. The fraction of sp³-hybridized carbons (Fsp3) is 0.400. The van der Waals surface area contributed by atoms with Crippen LogP contribution in [0.4, 0.5) is 4.39 Å². The molecule has 0 aliphatic rings. The lowest BCUT2D eigenvalue weighted by Gasteiger charge is -2.05. The maximum absolute atomic E-state index is 11.8. The third-order valence-electron chi connectivity index (χ3n) is 1.96. The first-order valence-corrected chi connectivity index (χ1v) is 7.26. The number of sulfonamides is 1. The zero-order valence-corrected chi connectivity index (χ0v) is 11.0. The summed E-state index contributed by atoms with van der Waals surface area (Å²) in [6, 6.07) is 7.32. The predicted molar refractivity (Wildman–Crippen MR) is 65.4 cm³/mol. The molecule has 6 heteroatoms. The van der Waals surface area contributed by atoms with Crippen LogP contribution in [0.25, 0.3) is 0 Å². The maximum Gasteiger partial charge on any atom is 0.211 e. The molecule has 0 unspecified atom stereocenters. The van der Waals surface area contributed by atoms with E-state index >= 15 is 0 Å². The number of rotatable bonds is 6. The lowest BCUT2D eigenvalue weighted by Crippen LogP contribution is -2.26. The first-order valence-electron chi connectivity index (χ1n) is 4.81. The molecule has 1 aromatic carbocycles. The summed E-state index contributed by atoms with van der Waals surface area (Å²) in [6.45, 7) is -0.374. The lowest BCUT2D eigenvalue weighted by atomic mass is 10.2. The summed E-state index contributed by atoms with van der Waals surface area (Å²) in [5, 5.41) is 0. The zero-order valence-electron chi connectivity index (χ0n) is 8.62.